The van der Waals surface area contributed by atoms with Gasteiger partial charge in [-0.1, -0.05) is 0 Å². The van der Waals surface area contributed by atoms with Gasteiger partial charge in [-0.25, -0.2) is 4.79 Å². The molecule has 0 bridgehead atoms. The molecule has 0 aliphatic carbocycles. The van der Waals surface area contributed by atoms with Gasteiger partial charge in [0.2, 0.25) is 0 Å². The van der Waals surface area contributed by atoms with Crippen LogP contribution in [0.15, 0.2) is 29.5 Å². The Bertz CT molecular complexity index is 711. The van der Waals surface area contributed by atoms with Crippen LogP contribution < -0.4 is 10.1 Å². The van der Waals surface area contributed by atoms with Gasteiger partial charge in [0.1, 0.15) is 11.4 Å². The Hall–Kier alpha value is -1.95. The molecule has 1 aromatic rings. The summed E-state index contributed by atoms with van der Waals surface area (Å²) in [4.78, 5) is 25.6. The van der Waals surface area contributed by atoms with Crippen molar-refractivity contribution < 1.29 is 33.0 Å². The highest BCUT2D eigenvalue weighted by molar-refractivity contribution is 14.1. The first kappa shape index (κ1) is 19.4. The van der Waals surface area contributed by atoms with E-state index < -0.39 is 18.5 Å². The number of esters is 1. The van der Waals surface area contributed by atoms with Crippen LogP contribution in [-0.4, -0.2) is 55.3 Å². The third kappa shape index (κ3) is 4.57. The van der Waals surface area contributed by atoms with E-state index in [2.05, 4.69) is 14.8 Å². The number of anilines is 1. The summed E-state index contributed by atoms with van der Waals surface area (Å²) in [5.41, 5.74) is 0.600. The van der Waals surface area contributed by atoms with Crippen molar-refractivity contribution >= 4 is 40.2 Å². The molecule has 0 saturated heterocycles. The van der Waals surface area contributed by atoms with Crippen LogP contribution in [0.3, 0.4) is 0 Å². The van der Waals surface area contributed by atoms with E-state index in [0.29, 0.717) is 9.26 Å². The zero-order valence-corrected chi connectivity index (χ0v) is 15.2. The van der Waals surface area contributed by atoms with Crippen LogP contribution in [0.25, 0.3) is 0 Å². The molecule has 136 valence electrons. The molecule has 1 heterocycles. The summed E-state index contributed by atoms with van der Waals surface area (Å²) in [7, 11) is 1.20. The Morgan fingerprint density at radius 2 is 2.20 bits per heavy atom. The smallest absolute Gasteiger partial charge is 0.387 e. The molecular weight excluding hydrogens is 453 g/mol. The highest BCUT2D eigenvalue weighted by Gasteiger charge is 2.34. The number of nitrogens with one attached hydrogen (secondary N) is 1. The minimum atomic E-state index is -2.94. The molecule has 2 rings (SSSR count). The summed E-state index contributed by atoms with van der Waals surface area (Å²) in [6.45, 7) is -3.10. The molecule has 0 atom stereocenters. The van der Waals surface area contributed by atoms with Crippen LogP contribution in [0.4, 0.5) is 14.5 Å². The van der Waals surface area contributed by atoms with Crippen LogP contribution in [0.2, 0.25) is 0 Å². The zero-order valence-electron chi connectivity index (χ0n) is 13.1. The first-order valence-corrected chi connectivity index (χ1v) is 8.18. The largest absolute Gasteiger partial charge is 0.466 e. The lowest BCUT2D eigenvalue weighted by Gasteiger charge is -2.15. The zero-order chi connectivity index (χ0) is 18.6. The molecular formula is C15H15F2IN2O5. The summed E-state index contributed by atoms with van der Waals surface area (Å²) >= 11 is 1.89. The maximum atomic E-state index is 12.4. The lowest BCUT2D eigenvalue weighted by molar-refractivity contribution is -0.136. The highest BCUT2D eigenvalue weighted by atomic mass is 127. The minimum absolute atomic E-state index is 0.0115. The number of amides is 1. The molecule has 0 aromatic heterocycles. The molecule has 0 fully saturated rings. The average molecular weight is 468 g/mol. The molecule has 1 aliphatic rings. The summed E-state index contributed by atoms with van der Waals surface area (Å²) in [5.74, 6) is -1.14. The summed E-state index contributed by atoms with van der Waals surface area (Å²) in [6.07, 6.45) is 0. The number of aliphatic hydroxyl groups excluding tert-OH is 1. The van der Waals surface area contributed by atoms with Gasteiger partial charge in [0.15, 0.2) is 0 Å². The number of benzene rings is 1. The number of carbonyl (C=O) groups is 2. The summed E-state index contributed by atoms with van der Waals surface area (Å²) < 4.78 is 34.0. The fraction of sp³-hybridized carbons (Fsp3) is 0.333. The van der Waals surface area contributed by atoms with Crippen molar-refractivity contribution in [1.29, 1.82) is 0 Å². The minimum Gasteiger partial charge on any atom is -0.466 e. The SMILES string of the molecule is COC(=O)C1=C(Nc2ccc(OC(F)F)cc2I)C(=O)N(CCO)C1. The first-order chi connectivity index (χ1) is 11.9. The number of methoxy groups -OCH3 is 1. The maximum absolute atomic E-state index is 12.4. The molecule has 0 saturated carbocycles. The lowest BCUT2D eigenvalue weighted by Crippen LogP contribution is -2.31. The van der Waals surface area contributed by atoms with Gasteiger partial charge >= 0.3 is 12.6 Å². The van der Waals surface area contributed by atoms with Crippen molar-refractivity contribution in [2.24, 2.45) is 0 Å². The van der Waals surface area contributed by atoms with Gasteiger partial charge in [-0.15, -0.1) is 0 Å². The second-order valence-corrected chi connectivity index (χ2v) is 6.10. The van der Waals surface area contributed by atoms with Crippen LogP contribution in [-0.2, 0) is 14.3 Å². The van der Waals surface area contributed by atoms with Crippen LogP contribution in [0.5, 0.6) is 5.75 Å². The van der Waals surface area contributed by atoms with E-state index in [1.165, 1.54) is 30.2 Å². The second-order valence-electron chi connectivity index (χ2n) is 4.94. The van der Waals surface area contributed by atoms with Gasteiger partial charge in [0.25, 0.3) is 5.91 Å². The summed E-state index contributed by atoms with van der Waals surface area (Å²) in [5, 5.41) is 11.9. The topological polar surface area (TPSA) is 88.1 Å². The van der Waals surface area contributed by atoms with Gasteiger partial charge < -0.3 is 24.8 Å². The molecule has 10 heteroatoms. The number of halogens is 3. The van der Waals surface area contributed by atoms with Crippen molar-refractivity contribution in [1.82, 2.24) is 4.90 Å². The predicted octanol–water partition coefficient (Wildman–Crippen LogP) is 1.57. The van der Waals surface area contributed by atoms with Gasteiger partial charge in [0, 0.05) is 10.1 Å². The highest BCUT2D eigenvalue weighted by Crippen LogP contribution is 2.28. The number of alkyl halides is 2. The Balaban J connectivity index is 2.29. The van der Waals surface area contributed by atoms with E-state index in [4.69, 9.17) is 5.11 Å². The monoisotopic (exact) mass is 468 g/mol. The number of aliphatic hydroxyl groups is 1. The van der Waals surface area contributed by atoms with E-state index in [1.807, 2.05) is 22.6 Å². The number of carbonyl (C=O) groups excluding carboxylic acids is 2. The third-order valence-electron chi connectivity index (χ3n) is 3.38. The number of hydrogen-bond acceptors (Lipinski definition) is 6. The van der Waals surface area contributed by atoms with Crippen LogP contribution in [0.1, 0.15) is 0 Å². The van der Waals surface area contributed by atoms with Gasteiger partial charge in [0.05, 0.1) is 31.5 Å². The van der Waals surface area contributed by atoms with E-state index in [9.17, 15) is 18.4 Å². The molecule has 25 heavy (non-hydrogen) atoms. The number of ether oxygens (including phenoxy) is 2. The average Bonchev–Trinajstić information content (AvgIpc) is 2.86. The van der Waals surface area contributed by atoms with Crippen molar-refractivity contribution in [3.63, 3.8) is 0 Å². The van der Waals surface area contributed by atoms with E-state index in [0.717, 1.165) is 0 Å². The quantitative estimate of drug-likeness (QED) is 0.467. The number of rotatable bonds is 7. The summed E-state index contributed by atoms with van der Waals surface area (Å²) in [6, 6.07) is 4.15. The fourth-order valence-corrected chi connectivity index (χ4v) is 2.88. The van der Waals surface area contributed by atoms with Crippen LogP contribution in [0, 0.1) is 3.57 Å². The lowest BCUT2D eigenvalue weighted by atomic mass is 10.2. The standard InChI is InChI=1S/C15H15F2IN2O5/c1-24-14(23)9-7-20(4-5-21)13(22)12(9)19-11-3-2-8(6-10(11)18)25-15(16)17/h2-3,6,15,19,21H,4-5,7H2,1H3. The van der Waals surface area contributed by atoms with Crippen molar-refractivity contribution in [3.8, 4) is 5.75 Å². The molecule has 2 N–H and O–H groups in total. The van der Waals surface area contributed by atoms with Gasteiger partial charge in [-0.2, -0.15) is 8.78 Å². The Morgan fingerprint density at radius 1 is 1.48 bits per heavy atom. The first-order valence-electron chi connectivity index (χ1n) is 7.10. The van der Waals surface area contributed by atoms with Crippen molar-refractivity contribution in [2.45, 2.75) is 6.61 Å². The second kappa shape index (κ2) is 8.43. The molecule has 1 amide bonds. The van der Waals surface area contributed by atoms with E-state index >= 15 is 0 Å². The number of β-amino-alcohol motifs (C(OH)–C–C–N with tert-alkyl or cyclic N) is 1. The van der Waals surface area contributed by atoms with Crippen LogP contribution >= 0.6 is 22.6 Å². The van der Waals surface area contributed by atoms with Crippen molar-refractivity contribution in [3.05, 3.63) is 33.0 Å². The molecule has 1 aromatic carbocycles. The van der Waals surface area contributed by atoms with E-state index in [1.54, 1.807) is 0 Å². The Morgan fingerprint density at radius 3 is 2.76 bits per heavy atom. The number of hydrogen-bond donors (Lipinski definition) is 2. The molecule has 7 nitrogen and oxygen atoms in total. The van der Waals surface area contributed by atoms with Gasteiger partial charge in [-0.05, 0) is 40.8 Å². The Kier molecular flexibility index (Phi) is 6.53. The number of nitrogens with zero attached hydrogens (tertiary/aromatic N) is 1. The predicted molar refractivity (Wildman–Crippen MR) is 92.1 cm³/mol. The normalized spacial score (nSPS) is 14.3. The maximum Gasteiger partial charge on any atom is 0.387 e. The third-order valence-corrected chi connectivity index (χ3v) is 4.27. The molecule has 1 aliphatic heterocycles. The van der Waals surface area contributed by atoms with Gasteiger partial charge in [-0.3, -0.25) is 4.79 Å². The molecule has 0 unspecified atom stereocenters. The molecule has 0 spiro atoms. The molecule has 0 radical (unpaired) electrons. The van der Waals surface area contributed by atoms with E-state index in [-0.39, 0.29) is 36.7 Å². The Labute approximate surface area is 155 Å². The van der Waals surface area contributed by atoms with Crippen molar-refractivity contribution in [2.75, 3.05) is 32.1 Å². The fourth-order valence-electron chi connectivity index (χ4n) is 2.26.